The summed E-state index contributed by atoms with van der Waals surface area (Å²) in [5.74, 6) is -0.436. The molecule has 2 N–H and O–H groups in total. The van der Waals surface area contributed by atoms with Crippen LogP contribution in [0.25, 0.3) is 22.3 Å². The molecule has 9 aliphatic rings. The van der Waals surface area contributed by atoms with Crippen molar-refractivity contribution in [1.29, 1.82) is 0 Å². The van der Waals surface area contributed by atoms with Crippen LogP contribution in [-0.2, 0) is 26.5 Å². The summed E-state index contributed by atoms with van der Waals surface area (Å²) in [6, 6.07) is 23.6. The summed E-state index contributed by atoms with van der Waals surface area (Å²) in [4.78, 5) is 31.4. The van der Waals surface area contributed by atoms with Gasteiger partial charge in [0.2, 0.25) is 0 Å². The number of hydrogen-bond acceptors (Lipinski definition) is 6. The number of carbonyl (C=O) groups is 1. The summed E-state index contributed by atoms with van der Waals surface area (Å²) in [6.45, 7) is 14.1. The molecule has 4 aromatic rings. The summed E-state index contributed by atoms with van der Waals surface area (Å²) in [6.07, 6.45) is 24.0. The van der Waals surface area contributed by atoms with Crippen LogP contribution in [0.15, 0.2) is 98.1 Å². The van der Waals surface area contributed by atoms with E-state index in [0.717, 1.165) is 117 Å². The van der Waals surface area contributed by atoms with E-state index in [4.69, 9.17) is 15.0 Å². The predicted octanol–water partition coefficient (Wildman–Crippen LogP) is 16.8. The van der Waals surface area contributed by atoms with Crippen LogP contribution in [0, 0.1) is 19.8 Å². The number of nitrogens with one attached hydrogen (secondary N) is 1. The molecule has 6 unspecified atom stereocenters. The fraction of sp³-hybridized carbons (Fsp3) is 0.515. The summed E-state index contributed by atoms with van der Waals surface area (Å²) < 4.78 is 0. The SMILES string of the molecule is Cc1cc(-c2ccc3c(c2)C2(C)CCCCCCC2=N3)cc2c1N=C1/C(=C3/C(=O)C(/C4=C5\Nc6c(C)cc(-c7ccc8c(c7)N=C7CCCCCCC78C)cc6C5(C)CCCCC4)C3O)CCCCCC12C. The molecule has 0 spiro atoms. The van der Waals surface area contributed by atoms with Crippen LogP contribution >= 0.6 is 0 Å². The molecule has 0 radical (unpaired) electrons. The summed E-state index contributed by atoms with van der Waals surface area (Å²) in [5.41, 5.74) is 24.4. The highest BCUT2D eigenvalue weighted by Crippen LogP contribution is 2.57. The highest BCUT2D eigenvalue weighted by Gasteiger charge is 2.54. The fourth-order valence-corrected chi connectivity index (χ4v) is 16.0. The van der Waals surface area contributed by atoms with Crippen molar-refractivity contribution in [2.45, 2.75) is 211 Å². The van der Waals surface area contributed by atoms with Crippen molar-refractivity contribution in [3.8, 4) is 22.3 Å². The molecule has 4 fully saturated rings. The van der Waals surface area contributed by atoms with Crippen LogP contribution in [0.2, 0.25) is 0 Å². The Morgan fingerprint density at radius 1 is 0.514 bits per heavy atom. The van der Waals surface area contributed by atoms with Gasteiger partial charge < -0.3 is 10.4 Å². The van der Waals surface area contributed by atoms with Crippen LogP contribution < -0.4 is 5.32 Å². The number of aryl methyl sites for hydroxylation is 2. The molecule has 5 aliphatic carbocycles. The minimum Gasteiger partial charge on any atom is -0.387 e. The van der Waals surface area contributed by atoms with E-state index >= 15 is 4.79 Å². The van der Waals surface area contributed by atoms with E-state index in [1.165, 1.54) is 137 Å². The molecule has 6 atom stereocenters. The zero-order valence-corrected chi connectivity index (χ0v) is 44.2. The quantitative estimate of drug-likeness (QED) is 0.201. The molecule has 4 saturated carbocycles. The number of fused-ring (bicyclic) bond motifs is 12. The van der Waals surface area contributed by atoms with E-state index in [2.05, 4.69) is 108 Å². The highest BCUT2D eigenvalue weighted by molar-refractivity contribution is 6.20. The third-order valence-corrected chi connectivity index (χ3v) is 20.4. The first-order valence-electron chi connectivity index (χ1n) is 28.6. The maximum Gasteiger partial charge on any atom is 0.171 e. The maximum atomic E-state index is 15.3. The van der Waals surface area contributed by atoms with E-state index in [1.807, 2.05) is 0 Å². The maximum absolute atomic E-state index is 15.3. The van der Waals surface area contributed by atoms with Crippen LogP contribution in [0.3, 0.4) is 0 Å². The largest absolute Gasteiger partial charge is 0.387 e. The highest BCUT2D eigenvalue weighted by atomic mass is 16.3. The van der Waals surface area contributed by atoms with Gasteiger partial charge in [-0.25, -0.2) is 0 Å². The molecule has 372 valence electrons. The molecule has 6 nitrogen and oxygen atoms in total. The lowest BCUT2D eigenvalue weighted by molar-refractivity contribution is -0.128. The van der Waals surface area contributed by atoms with Gasteiger partial charge in [0.1, 0.15) is 0 Å². The van der Waals surface area contributed by atoms with Gasteiger partial charge in [0.25, 0.3) is 0 Å². The van der Waals surface area contributed by atoms with Gasteiger partial charge in [0, 0.05) is 50.0 Å². The summed E-state index contributed by atoms with van der Waals surface area (Å²) in [7, 11) is 0. The van der Waals surface area contributed by atoms with Gasteiger partial charge >= 0.3 is 0 Å². The Hall–Kier alpha value is -5.20. The number of aliphatic hydroxyl groups is 1. The first-order valence-corrected chi connectivity index (χ1v) is 28.6. The average molecular weight is 957 g/mol. The van der Waals surface area contributed by atoms with Crippen LogP contribution in [0.1, 0.15) is 202 Å². The lowest BCUT2D eigenvalue weighted by Gasteiger charge is -2.42. The minimum absolute atomic E-state index is 0.0102. The second-order valence-corrected chi connectivity index (χ2v) is 24.9. The van der Waals surface area contributed by atoms with Crippen LogP contribution in [-0.4, -0.2) is 34.1 Å². The second kappa shape index (κ2) is 17.2. The number of benzene rings is 4. The fourth-order valence-electron chi connectivity index (χ4n) is 16.0. The van der Waals surface area contributed by atoms with Gasteiger partial charge in [0.15, 0.2) is 5.78 Å². The zero-order chi connectivity index (χ0) is 49.3. The van der Waals surface area contributed by atoms with Crippen LogP contribution in [0.5, 0.6) is 0 Å². The third kappa shape index (κ3) is 6.95. The van der Waals surface area contributed by atoms with E-state index < -0.39 is 12.0 Å². The van der Waals surface area contributed by atoms with E-state index in [-0.39, 0.29) is 27.4 Å². The monoisotopic (exact) mass is 957 g/mol. The summed E-state index contributed by atoms with van der Waals surface area (Å²) >= 11 is 0. The molecule has 4 aliphatic heterocycles. The number of carbonyl (C=O) groups excluding carboxylic acids is 1. The van der Waals surface area contributed by atoms with E-state index in [0.29, 0.717) is 5.57 Å². The average Bonchev–Trinajstić information content (AvgIpc) is 3.99. The Balaban J connectivity index is 0.830. The molecule has 0 bridgehead atoms. The molecule has 6 heteroatoms. The molecule has 13 rings (SSSR count). The third-order valence-electron chi connectivity index (χ3n) is 20.4. The summed E-state index contributed by atoms with van der Waals surface area (Å²) in [5, 5.41) is 16.7. The Labute approximate surface area is 429 Å². The number of nitrogens with zero attached hydrogens (tertiary/aromatic N) is 3. The molecule has 0 aromatic heterocycles. The van der Waals surface area contributed by atoms with Gasteiger partial charge in [-0.05, 0) is 214 Å². The number of ketones is 1. The van der Waals surface area contributed by atoms with Gasteiger partial charge in [-0.2, -0.15) is 0 Å². The van der Waals surface area contributed by atoms with Crippen molar-refractivity contribution in [3.05, 3.63) is 116 Å². The topological polar surface area (TPSA) is 86.4 Å². The predicted molar refractivity (Wildman–Crippen MR) is 298 cm³/mol. The van der Waals surface area contributed by atoms with E-state index in [1.54, 1.807) is 0 Å². The van der Waals surface area contributed by atoms with Gasteiger partial charge in [0.05, 0.1) is 34.8 Å². The van der Waals surface area contributed by atoms with Gasteiger partial charge in [-0.15, -0.1) is 0 Å². The van der Waals surface area contributed by atoms with E-state index in [9.17, 15) is 5.11 Å². The lowest BCUT2D eigenvalue weighted by Crippen LogP contribution is -2.49. The second-order valence-electron chi connectivity index (χ2n) is 24.9. The van der Waals surface area contributed by atoms with Crippen LogP contribution in [0.4, 0.5) is 22.7 Å². The molecular formula is C66H76N4O2. The lowest BCUT2D eigenvalue weighted by atomic mass is 9.62. The van der Waals surface area contributed by atoms with Crippen molar-refractivity contribution in [2.24, 2.45) is 20.9 Å². The smallest absolute Gasteiger partial charge is 0.171 e. The Kier molecular flexibility index (Phi) is 11.1. The van der Waals surface area contributed by atoms with Crippen molar-refractivity contribution in [1.82, 2.24) is 0 Å². The molecular weight excluding hydrogens is 881 g/mol. The number of rotatable bonds is 3. The minimum atomic E-state index is -0.854. The standard InChI is InChI=1S/C66H76N4O2/c1-39-33-43(41-26-28-51-48(35-41)64(4)30-18-10-8-16-24-54(64)67-51)36-49-57(39)69-61-45(21-13-11-19-31-65(49,61)5)55-59(71)56(60(55)72)46-22-14-12-20-32-66(6)50-37-44(34-40(2)58(50)70-62(46)66)42-25-27-47-52(38-42)68-53-23-15-7-9-17-29-63(47,53)3/h25-28,33-38,56,59,70-71H,7-24,29-32H2,1-6H3/b55-45+,62-46-. The van der Waals surface area contributed by atoms with Gasteiger partial charge in [-0.3, -0.25) is 19.8 Å². The van der Waals surface area contributed by atoms with Crippen molar-refractivity contribution < 1.29 is 9.90 Å². The van der Waals surface area contributed by atoms with Gasteiger partial charge in [-0.1, -0.05) is 96.3 Å². The first kappa shape index (κ1) is 46.6. The zero-order valence-electron chi connectivity index (χ0n) is 44.2. The normalized spacial score (nSPS) is 32.8. The Bertz CT molecular complexity index is 3160. The first-order chi connectivity index (χ1) is 34.8. The Morgan fingerprint density at radius 3 is 1.79 bits per heavy atom. The number of anilines is 1. The van der Waals surface area contributed by atoms with Crippen molar-refractivity contribution in [3.63, 3.8) is 0 Å². The van der Waals surface area contributed by atoms with Crippen molar-refractivity contribution in [2.75, 3.05) is 5.32 Å². The number of Topliss-reactive ketones (excluding diaryl/α,β-unsaturated/α-hetero) is 1. The number of allylic oxidation sites excluding steroid dienone is 2. The molecule has 0 amide bonds. The molecule has 4 aromatic carbocycles. The van der Waals surface area contributed by atoms with Crippen molar-refractivity contribution >= 4 is 45.7 Å². The molecule has 4 heterocycles. The molecule has 0 saturated heterocycles. The molecule has 72 heavy (non-hydrogen) atoms. The Morgan fingerprint density at radius 2 is 1.07 bits per heavy atom. The number of hydrogen-bond donors (Lipinski definition) is 2. The number of aliphatic hydroxyl groups excluding tert-OH is 1. The number of aliphatic imine (C=N–C) groups is 3.